The standard InChI is InChI=1S/C17H26ClN/c1-3-13-8-9-15(10-13)17(19-4-2)12-14-6-5-7-16(18)11-14/h5-7,11,13,15,17,19H,3-4,8-10,12H2,1-2H3. The van der Waals surface area contributed by atoms with Crippen molar-refractivity contribution in [2.24, 2.45) is 11.8 Å². The minimum atomic E-state index is 0.611. The molecule has 1 nitrogen and oxygen atoms in total. The average Bonchev–Trinajstić information content (AvgIpc) is 2.87. The second-order valence-corrected chi connectivity index (χ2v) is 6.28. The number of halogens is 1. The normalized spacial score (nSPS) is 24.6. The largest absolute Gasteiger partial charge is 0.314 e. The lowest BCUT2D eigenvalue weighted by molar-refractivity contribution is 0.349. The van der Waals surface area contributed by atoms with Crippen LogP contribution in [0.25, 0.3) is 0 Å². The van der Waals surface area contributed by atoms with E-state index >= 15 is 0 Å². The summed E-state index contributed by atoms with van der Waals surface area (Å²) in [5, 5.41) is 4.55. The summed E-state index contributed by atoms with van der Waals surface area (Å²) in [6.45, 7) is 5.59. The molecule has 0 spiro atoms. The number of rotatable bonds is 6. The Kier molecular flexibility index (Phi) is 5.72. The van der Waals surface area contributed by atoms with Gasteiger partial charge in [-0.25, -0.2) is 0 Å². The minimum absolute atomic E-state index is 0.611. The maximum atomic E-state index is 6.09. The summed E-state index contributed by atoms with van der Waals surface area (Å²) >= 11 is 6.09. The predicted molar refractivity (Wildman–Crippen MR) is 83.7 cm³/mol. The van der Waals surface area contributed by atoms with Gasteiger partial charge in [0.05, 0.1) is 0 Å². The van der Waals surface area contributed by atoms with Crippen LogP contribution in [-0.4, -0.2) is 12.6 Å². The fourth-order valence-corrected chi connectivity index (χ4v) is 3.65. The number of hydrogen-bond donors (Lipinski definition) is 1. The van der Waals surface area contributed by atoms with Gasteiger partial charge in [0.2, 0.25) is 0 Å². The molecule has 3 atom stereocenters. The Balaban J connectivity index is 2.00. The van der Waals surface area contributed by atoms with Crippen molar-refractivity contribution in [3.8, 4) is 0 Å². The molecule has 0 saturated heterocycles. The molecule has 2 heteroatoms. The van der Waals surface area contributed by atoms with Crippen LogP contribution in [0.5, 0.6) is 0 Å². The van der Waals surface area contributed by atoms with Crippen LogP contribution < -0.4 is 5.32 Å². The molecular weight excluding hydrogens is 254 g/mol. The molecule has 0 amide bonds. The molecule has 1 N–H and O–H groups in total. The molecule has 1 aliphatic carbocycles. The average molecular weight is 280 g/mol. The minimum Gasteiger partial charge on any atom is -0.314 e. The Bertz CT molecular complexity index is 391. The Morgan fingerprint density at radius 3 is 2.79 bits per heavy atom. The van der Waals surface area contributed by atoms with Crippen molar-refractivity contribution in [2.45, 2.75) is 52.0 Å². The van der Waals surface area contributed by atoms with Crippen LogP contribution in [-0.2, 0) is 6.42 Å². The highest BCUT2D eigenvalue weighted by Crippen LogP contribution is 2.35. The molecule has 1 aliphatic rings. The first-order valence-electron chi connectivity index (χ1n) is 7.70. The molecule has 0 aromatic heterocycles. The third kappa shape index (κ3) is 4.22. The van der Waals surface area contributed by atoms with Gasteiger partial charge < -0.3 is 5.32 Å². The maximum absolute atomic E-state index is 6.09. The topological polar surface area (TPSA) is 12.0 Å². The van der Waals surface area contributed by atoms with E-state index in [2.05, 4.69) is 37.4 Å². The van der Waals surface area contributed by atoms with Crippen LogP contribution in [0.4, 0.5) is 0 Å². The van der Waals surface area contributed by atoms with Gasteiger partial charge in [-0.2, -0.15) is 0 Å². The molecule has 0 aliphatic heterocycles. The summed E-state index contributed by atoms with van der Waals surface area (Å²) in [7, 11) is 0. The molecule has 106 valence electrons. The molecule has 0 radical (unpaired) electrons. The van der Waals surface area contributed by atoms with Crippen molar-refractivity contribution in [2.75, 3.05) is 6.54 Å². The molecule has 1 fully saturated rings. The van der Waals surface area contributed by atoms with Crippen molar-refractivity contribution in [3.63, 3.8) is 0 Å². The summed E-state index contributed by atoms with van der Waals surface area (Å²) in [5.41, 5.74) is 1.36. The van der Waals surface area contributed by atoms with E-state index in [1.807, 2.05) is 6.07 Å². The van der Waals surface area contributed by atoms with Crippen LogP contribution in [0, 0.1) is 11.8 Å². The van der Waals surface area contributed by atoms with Crippen molar-refractivity contribution in [1.82, 2.24) is 5.32 Å². The molecule has 19 heavy (non-hydrogen) atoms. The molecule has 1 aromatic rings. The number of likely N-dealkylation sites (N-methyl/N-ethyl adjacent to an activating group) is 1. The lowest BCUT2D eigenvalue weighted by Crippen LogP contribution is -2.37. The fourth-order valence-electron chi connectivity index (χ4n) is 3.44. The third-order valence-corrected chi connectivity index (χ3v) is 4.77. The predicted octanol–water partition coefficient (Wildman–Crippen LogP) is 4.69. The van der Waals surface area contributed by atoms with E-state index in [4.69, 9.17) is 11.6 Å². The number of benzene rings is 1. The maximum Gasteiger partial charge on any atom is 0.0408 e. The van der Waals surface area contributed by atoms with Crippen LogP contribution >= 0.6 is 11.6 Å². The first-order chi connectivity index (χ1) is 9.22. The van der Waals surface area contributed by atoms with E-state index in [0.717, 1.165) is 29.8 Å². The first-order valence-corrected chi connectivity index (χ1v) is 8.08. The third-order valence-electron chi connectivity index (χ3n) is 4.54. The van der Waals surface area contributed by atoms with Crippen molar-refractivity contribution in [3.05, 3.63) is 34.9 Å². The molecule has 2 rings (SSSR count). The summed E-state index contributed by atoms with van der Waals surface area (Å²) < 4.78 is 0. The molecule has 1 aromatic carbocycles. The molecule has 0 heterocycles. The van der Waals surface area contributed by atoms with Crippen molar-refractivity contribution >= 4 is 11.6 Å². The molecule has 0 bridgehead atoms. The van der Waals surface area contributed by atoms with E-state index in [9.17, 15) is 0 Å². The lowest BCUT2D eigenvalue weighted by atomic mass is 9.91. The fraction of sp³-hybridized carbons (Fsp3) is 0.647. The van der Waals surface area contributed by atoms with E-state index < -0.39 is 0 Å². The zero-order valence-electron chi connectivity index (χ0n) is 12.2. The van der Waals surface area contributed by atoms with Crippen LogP contribution in [0.15, 0.2) is 24.3 Å². The summed E-state index contributed by atoms with van der Waals surface area (Å²) in [6.07, 6.45) is 6.64. The quantitative estimate of drug-likeness (QED) is 0.797. The summed E-state index contributed by atoms with van der Waals surface area (Å²) in [5.74, 6) is 1.79. The Morgan fingerprint density at radius 1 is 1.32 bits per heavy atom. The number of nitrogens with one attached hydrogen (secondary N) is 1. The molecular formula is C17H26ClN. The molecule has 1 saturated carbocycles. The van der Waals surface area contributed by atoms with E-state index in [0.29, 0.717) is 6.04 Å². The Labute approximate surface area is 122 Å². The SMILES string of the molecule is CCNC(Cc1cccc(Cl)c1)C1CCC(CC)C1. The van der Waals surface area contributed by atoms with Gasteiger partial charge in [0, 0.05) is 11.1 Å². The van der Waals surface area contributed by atoms with Gasteiger partial charge in [0.25, 0.3) is 0 Å². The zero-order chi connectivity index (χ0) is 13.7. The summed E-state index contributed by atoms with van der Waals surface area (Å²) in [6, 6.07) is 8.93. The van der Waals surface area contributed by atoms with E-state index in [1.165, 1.54) is 31.2 Å². The highest BCUT2D eigenvalue weighted by atomic mass is 35.5. The van der Waals surface area contributed by atoms with Gasteiger partial charge in [0.15, 0.2) is 0 Å². The van der Waals surface area contributed by atoms with Crippen LogP contribution in [0.3, 0.4) is 0 Å². The lowest BCUT2D eigenvalue weighted by Gasteiger charge is -2.25. The van der Waals surface area contributed by atoms with Gasteiger partial charge in [-0.15, -0.1) is 0 Å². The first kappa shape index (κ1) is 14.9. The van der Waals surface area contributed by atoms with Gasteiger partial charge in [-0.1, -0.05) is 50.4 Å². The van der Waals surface area contributed by atoms with E-state index in [1.54, 1.807) is 0 Å². The zero-order valence-corrected chi connectivity index (χ0v) is 12.9. The smallest absolute Gasteiger partial charge is 0.0408 e. The highest BCUT2D eigenvalue weighted by molar-refractivity contribution is 6.30. The Hall–Kier alpha value is -0.530. The monoisotopic (exact) mass is 279 g/mol. The second kappa shape index (κ2) is 7.31. The van der Waals surface area contributed by atoms with E-state index in [-0.39, 0.29) is 0 Å². The highest BCUT2D eigenvalue weighted by Gasteiger charge is 2.29. The summed E-state index contributed by atoms with van der Waals surface area (Å²) in [4.78, 5) is 0. The van der Waals surface area contributed by atoms with Crippen LogP contribution in [0.2, 0.25) is 5.02 Å². The van der Waals surface area contributed by atoms with Crippen molar-refractivity contribution in [1.29, 1.82) is 0 Å². The second-order valence-electron chi connectivity index (χ2n) is 5.85. The van der Waals surface area contributed by atoms with Crippen LogP contribution in [0.1, 0.15) is 45.1 Å². The number of hydrogen-bond acceptors (Lipinski definition) is 1. The van der Waals surface area contributed by atoms with Gasteiger partial charge in [0.1, 0.15) is 0 Å². The van der Waals surface area contributed by atoms with Gasteiger partial charge in [-0.3, -0.25) is 0 Å². The van der Waals surface area contributed by atoms with Crippen molar-refractivity contribution < 1.29 is 0 Å². The molecule has 3 unspecified atom stereocenters. The Morgan fingerprint density at radius 2 is 2.16 bits per heavy atom. The van der Waals surface area contributed by atoms with Gasteiger partial charge in [-0.05, 0) is 55.3 Å². The van der Waals surface area contributed by atoms with Gasteiger partial charge >= 0.3 is 0 Å².